The Hall–Kier alpha value is -2.38. The van der Waals surface area contributed by atoms with E-state index in [9.17, 15) is 9.59 Å². The SMILES string of the molecule is COCCOc1ccccc1C(=O)Oc1ccc(C(=O)O)cc1Br. The molecule has 1 N–H and O–H groups in total. The number of aromatic carboxylic acids is 1. The highest BCUT2D eigenvalue weighted by atomic mass is 79.9. The van der Waals surface area contributed by atoms with Gasteiger partial charge in [0.1, 0.15) is 23.7 Å². The lowest BCUT2D eigenvalue weighted by Gasteiger charge is -2.11. The van der Waals surface area contributed by atoms with Crippen molar-refractivity contribution < 1.29 is 28.9 Å². The van der Waals surface area contributed by atoms with Gasteiger partial charge in [-0.1, -0.05) is 12.1 Å². The van der Waals surface area contributed by atoms with Gasteiger partial charge in [-0.05, 0) is 46.3 Å². The van der Waals surface area contributed by atoms with Crippen molar-refractivity contribution in [3.63, 3.8) is 0 Å². The lowest BCUT2D eigenvalue weighted by atomic mass is 10.2. The summed E-state index contributed by atoms with van der Waals surface area (Å²) in [5.41, 5.74) is 0.354. The topological polar surface area (TPSA) is 82.1 Å². The number of carbonyl (C=O) groups is 2. The highest BCUT2D eigenvalue weighted by molar-refractivity contribution is 9.10. The highest BCUT2D eigenvalue weighted by Crippen LogP contribution is 2.28. The molecule has 7 heteroatoms. The summed E-state index contributed by atoms with van der Waals surface area (Å²) in [6.45, 7) is 0.698. The first-order valence-corrected chi connectivity index (χ1v) is 7.78. The van der Waals surface area contributed by atoms with Crippen LogP contribution < -0.4 is 9.47 Å². The summed E-state index contributed by atoms with van der Waals surface area (Å²) < 4.78 is 16.1. The maximum absolute atomic E-state index is 12.4. The molecule has 0 heterocycles. The van der Waals surface area contributed by atoms with E-state index >= 15 is 0 Å². The molecule has 0 unspecified atom stereocenters. The van der Waals surface area contributed by atoms with Gasteiger partial charge in [0.2, 0.25) is 0 Å². The molecular formula is C17H15BrO6. The Labute approximate surface area is 147 Å². The van der Waals surface area contributed by atoms with Crippen molar-refractivity contribution in [3.05, 3.63) is 58.1 Å². The van der Waals surface area contributed by atoms with Gasteiger partial charge in [0.15, 0.2) is 0 Å². The first-order chi connectivity index (χ1) is 11.5. The molecule has 6 nitrogen and oxygen atoms in total. The maximum Gasteiger partial charge on any atom is 0.347 e. The maximum atomic E-state index is 12.4. The van der Waals surface area contributed by atoms with Crippen LogP contribution in [-0.4, -0.2) is 37.4 Å². The Kier molecular flexibility index (Phi) is 6.34. The summed E-state index contributed by atoms with van der Waals surface area (Å²) >= 11 is 3.20. The second-order valence-corrected chi connectivity index (χ2v) is 5.53. The van der Waals surface area contributed by atoms with E-state index in [2.05, 4.69) is 15.9 Å². The quantitative estimate of drug-likeness (QED) is 0.440. The molecule has 0 radical (unpaired) electrons. The molecule has 0 aliphatic heterocycles. The predicted octanol–water partition coefficient (Wildman–Crippen LogP) is 3.39. The van der Waals surface area contributed by atoms with Crippen LogP contribution in [0.3, 0.4) is 0 Å². The van der Waals surface area contributed by atoms with Crippen molar-refractivity contribution in [3.8, 4) is 11.5 Å². The number of hydrogen-bond donors (Lipinski definition) is 1. The molecule has 126 valence electrons. The van der Waals surface area contributed by atoms with Gasteiger partial charge in [-0.2, -0.15) is 0 Å². The average molecular weight is 395 g/mol. The number of carboxylic acid groups (broad SMARTS) is 1. The molecule has 0 saturated carbocycles. The monoisotopic (exact) mass is 394 g/mol. The number of methoxy groups -OCH3 is 1. The fourth-order valence-corrected chi connectivity index (χ4v) is 2.33. The van der Waals surface area contributed by atoms with Gasteiger partial charge in [-0.25, -0.2) is 9.59 Å². The molecule has 0 aliphatic rings. The zero-order valence-electron chi connectivity index (χ0n) is 12.8. The number of hydrogen-bond acceptors (Lipinski definition) is 5. The Morgan fingerprint density at radius 3 is 2.50 bits per heavy atom. The largest absolute Gasteiger partial charge is 0.490 e. The molecule has 24 heavy (non-hydrogen) atoms. The van der Waals surface area contributed by atoms with Gasteiger partial charge < -0.3 is 19.3 Å². The minimum absolute atomic E-state index is 0.0879. The van der Waals surface area contributed by atoms with Gasteiger partial charge >= 0.3 is 11.9 Å². The Balaban J connectivity index is 2.17. The molecule has 0 atom stereocenters. The van der Waals surface area contributed by atoms with Crippen LogP contribution in [0.25, 0.3) is 0 Å². The van der Waals surface area contributed by atoms with E-state index in [1.165, 1.54) is 18.2 Å². The average Bonchev–Trinajstić information content (AvgIpc) is 2.57. The number of esters is 1. The minimum atomic E-state index is -1.06. The van der Waals surface area contributed by atoms with E-state index in [-0.39, 0.29) is 16.9 Å². The van der Waals surface area contributed by atoms with Crippen molar-refractivity contribution in [2.24, 2.45) is 0 Å². The third-order valence-electron chi connectivity index (χ3n) is 3.03. The molecule has 0 bridgehead atoms. The lowest BCUT2D eigenvalue weighted by Crippen LogP contribution is -2.13. The van der Waals surface area contributed by atoms with Crippen LogP contribution in [0.2, 0.25) is 0 Å². The van der Waals surface area contributed by atoms with E-state index in [1.54, 1.807) is 31.4 Å². The normalized spacial score (nSPS) is 10.2. The first kappa shape index (κ1) is 18.0. The molecule has 2 aromatic rings. The molecule has 2 aromatic carbocycles. The summed E-state index contributed by atoms with van der Waals surface area (Å²) in [5, 5.41) is 8.94. The number of halogens is 1. The zero-order chi connectivity index (χ0) is 17.5. The van der Waals surface area contributed by atoms with E-state index < -0.39 is 11.9 Å². The number of ether oxygens (including phenoxy) is 3. The predicted molar refractivity (Wildman–Crippen MR) is 89.9 cm³/mol. The van der Waals surface area contributed by atoms with Gasteiger partial charge in [-0.15, -0.1) is 0 Å². The molecule has 0 amide bonds. The van der Waals surface area contributed by atoms with Crippen molar-refractivity contribution in [1.82, 2.24) is 0 Å². The first-order valence-electron chi connectivity index (χ1n) is 6.98. The van der Waals surface area contributed by atoms with E-state index in [0.717, 1.165) is 0 Å². The summed E-state index contributed by atoms with van der Waals surface area (Å²) in [6, 6.07) is 10.8. The summed E-state index contributed by atoms with van der Waals surface area (Å²) in [6.07, 6.45) is 0. The molecule has 0 aromatic heterocycles. The van der Waals surface area contributed by atoms with Crippen LogP contribution in [0, 0.1) is 0 Å². The van der Waals surface area contributed by atoms with Gasteiger partial charge in [-0.3, -0.25) is 0 Å². The Bertz CT molecular complexity index is 744. The van der Waals surface area contributed by atoms with E-state index in [0.29, 0.717) is 23.4 Å². The molecule has 0 spiro atoms. The molecular weight excluding hydrogens is 380 g/mol. The van der Waals surface area contributed by atoms with Crippen molar-refractivity contribution in [2.75, 3.05) is 20.3 Å². The van der Waals surface area contributed by atoms with Crippen LogP contribution >= 0.6 is 15.9 Å². The van der Waals surface area contributed by atoms with Crippen LogP contribution in [0.15, 0.2) is 46.9 Å². The van der Waals surface area contributed by atoms with E-state index in [4.69, 9.17) is 19.3 Å². The third-order valence-corrected chi connectivity index (χ3v) is 3.65. The number of carbonyl (C=O) groups excluding carboxylic acids is 1. The van der Waals surface area contributed by atoms with Gasteiger partial charge in [0.05, 0.1) is 16.6 Å². The lowest BCUT2D eigenvalue weighted by molar-refractivity contribution is 0.0696. The highest BCUT2D eigenvalue weighted by Gasteiger charge is 2.17. The van der Waals surface area contributed by atoms with Crippen LogP contribution in [-0.2, 0) is 4.74 Å². The number of para-hydroxylation sites is 1. The third kappa shape index (κ3) is 4.56. The summed E-state index contributed by atoms with van der Waals surface area (Å²) in [4.78, 5) is 23.3. The Morgan fingerprint density at radius 2 is 1.83 bits per heavy atom. The fraction of sp³-hybridized carbons (Fsp3) is 0.176. The summed E-state index contributed by atoms with van der Waals surface area (Å²) in [7, 11) is 1.56. The van der Waals surface area contributed by atoms with Crippen LogP contribution in [0.4, 0.5) is 0 Å². The summed E-state index contributed by atoms with van der Waals surface area (Å²) in [5.74, 6) is -1.06. The molecule has 0 aliphatic carbocycles. The molecule has 2 rings (SSSR count). The van der Waals surface area contributed by atoms with Gasteiger partial charge in [0, 0.05) is 7.11 Å². The second-order valence-electron chi connectivity index (χ2n) is 4.68. The van der Waals surface area contributed by atoms with Crippen molar-refractivity contribution >= 4 is 27.9 Å². The van der Waals surface area contributed by atoms with Gasteiger partial charge in [0.25, 0.3) is 0 Å². The smallest absolute Gasteiger partial charge is 0.347 e. The van der Waals surface area contributed by atoms with Crippen LogP contribution in [0.5, 0.6) is 11.5 Å². The minimum Gasteiger partial charge on any atom is -0.490 e. The molecule has 0 fully saturated rings. The molecule has 0 saturated heterocycles. The van der Waals surface area contributed by atoms with Crippen molar-refractivity contribution in [1.29, 1.82) is 0 Å². The standard InChI is InChI=1S/C17H15BrO6/c1-22-8-9-23-14-5-3-2-4-12(14)17(21)24-15-7-6-11(16(19)20)10-13(15)18/h2-7,10H,8-9H2,1H3,(H,19,20). The fourth-order valence-electron chi connectivity index (χ4n) is 1.87. The van der Waals surface area contributed by atoms with E-state index in [1.807, 2.05) is 0 Å². The number of carboxylic acids is 1. The number of rotatable bonds is 7. The second kappa shape index (κ2) is 8.47. The zero-order valence-corrected chi connectivity index (χ0v) is 14.4. The van der Waals surface area contributed by atoms with Crippen molar-refractivity contribution in [2.45, 2.75) is 0 Å². The number of benzene rings is 2. The van der Waals surface area contributed by atoms with Crippen LogP contribution in [0.1, 0.15) is 20.7 Å². The Morgan fingerprint density at radius 1 is 1.08 bits per heavy atom.